The first-order valence-electron chi connectivity index (χ1n) is 5.48. The number of hydrogen-bond donors (Lipinski definition) is 1. The number of nitrogens with zero attached hydrogens (tertiary/aromatic N) is 1. The number of nitriles is 1. The second-order valence-electron chi connectivity index (χ2n) is 4.01. The Labute approximate surface area is 86.4 Å². The van der Waals surface area contributed by atoms with Crippen LogP contribution in [0.4, 0.5) is 0 Å². The first kappa shape index (κ1) is 11.5. The second kappa shape index (κ2) is 5.33. The van der Waals surface area contributed by atoms with Gasteiger partial charge in [0.15, 0.2) is 0 Å². The second-order valence-corrected chi connectivity index (χ2v) is 4.01. The molecule has 3 nitrogen and oxygen atoms in total. The zero-order valence-electron chi connectivity index (χ0n) is 9.18. The van der Waals surface area contributed by atoms with E-state index in [1.165, 1.54) is 0 Å². The van der Waals surface area contributed by atoms with Crippen LogP contribution in [0, 0.1) is 11.3 Å². The Kier molecular flexibility index (Phi) is 4.37. The molecule has 0 spiro atoms. The summed E-state index contributed by atoms with van der Waals surface area (Å²) in [5.41, 5.74) is -0.286. The molecule has 0 radical (unpaired) electrons. The fraction of sp³-hybridized carbons (Fsp3) is 0.909. The smallest absolute Gasteiger partial charge is 0.106 e. The van der Waals surface area contributed by atoms with Gasteiger partial charge in [-0.2, -0.15) is 5.26 Å². The first-order valence-corrected chi connectivity index (χ1v) is 5.48. The molecular weight excluding hydrogens is 176 g/mol. The normalized spacial score (nSPS) is 32.5. The van der Waals surface area contributed by atoms with E-state index in [2.05, 4.69) is 18.3 Å². The molecule has 1 rings (SSSR count). The Morgan fingerprint density at radius 2 is 2.14 bits per heavy atom. The van der Waals surface area contributed by atoms with E-state index < -0.39 is 0 Å². The third kappa shape index (κ3) is 2.70. The van der Waals surface area contributed by atoms with Gasteiger partial charge in [-0.1, -0.05) is 6.92 Å². The molecule has 0 aromatic carbocycles. The van der Waals surface area contributed by atoms with E-state index in [4.69, 9.17) is 10.00 Å². The summed E-state index contributed by atoms with van der Waals surface area (Å²) in [6.07, 6.45) is 5.29. The first-order chi connectivity index (χ1) is 6.76. The van der Waals surface area contributed by atoms with Gasteiger partial charge in [0.05, 0.1) is 12.2 Å². The maximum absolute atomic E-state index is 9.05. The summed E-state index contributed by atoms with van der Waals surface area (Å²) in [6.45, 7) is 2.97. The van der Waals surface area contributed by atoms with Crippen LogP contribution in [0.1, 0.15) is 39.0 Å². The average Bonchev–Trinajstić information content (AvgIpc) is 2.27. The SMILES string of the molecule is CCCOC1CCC(C#N)(NC)CC1. The van der Waals surface area contributed by atoms with Crippen LogP contribution in [-0.2, 0) is 4.74 Å². The Morgan fingerprint density at radius 1 is 1.50 bits per heavy atom. The minimum Gasteiger partial charge on any atom is -0.378 e. The van der Waals surface area contributed by atoms with Crippen LogP contribution in [-0.4, -0.2) is 25.3 Å². The van der Waals surface area contributed by atoms with Gasteiger partial charge in [-0.05, 0) is 39.2 Å². The molecule has 1 aliphatic carbocycles. The van der Waals surface area contributed by atoms with Crippen molar-refractivity contribution in [3.8, 4) is 6.07 Å². The lowest BCUT2D eigenvalue weighted by atomic mass is 9.81. The summed E-state index contributed by atoms with van der Waals surface area (Å²) in [6, 6.07) is 2.38. The highest BCUT2D eigenvalue weighted by atomic mass is 16.5. The van der Waals surface area contributed by atoms with E-state index >= 15 is 0 Å². The van der Waals surface area contributed by atoms with Gasteiger partial charge >= 0.3 is 0 Å². The topological polar surface area (TPSA) is 45.0 Å². The molecule has 80 valence electrons. The van der Waals surface area contributed by atoms with Gasteiger partial charge in [-0.15, -0.1) is 0 Å². The van der Waals surface area contributed by atoms with Crippen molar-refractivity contribution in [2.24, 2.45) is 0 Å². The monoisotopic (exact) mass is 196 g/mol. The summed E-state index contributed by atoms with van der Waals surface area (Å²) < 4.78 is 5.68. The Balaban J connectivity index is 2.34. The highest BCUT2D eigenvalue weighted by Gasteiger charge is 2.34. The Hall–Kier alpha value is -0.590. The van der Waals surface area contributed by atoms with Gasteiger partial charge < -0.3 is 10.1 Å². The molecule has 0 heterocycles. The lowest BCUT2D eigenvalue weighted by molar-refractivity contribution is 0.0165. The maximum atomic E-state index is 9.05. The van der Waals surface area contributed by atoms with E-state index in [1.807, 2.05) is 7.05 Å². The predicted octanol–water partition coefficient (Wildman–Crippen LogP) is 1.84. The van der Waals surface area contributed by atoms with Crippen molar-refractivity contribution in [3.05, 3.63) is 0 Å². The molecular formula is C11H20N2O. The minimum atomic E-state index is -0.286. The van der Waals surface area contributed by atoms with Crippen LogP contribution in [0.3, 0.4) is 0 Å². The summed E-state index contributed by atoms with van der Waals surface area (Å²) in [5, 5.41) is 12.2. The molecule has 0 amide bonds. The Bertz CT molecular complexity index is 202. The van der Waals surface area contributed by atoms with Crippen molar-refractivity contribution < 1.29 is 4.74 Å². The summed E-state index contributed by atoms with van der Waals surface area (Å²) in [5.74, 6) is 0. The van der Waals surface area contributed by atoms with Gasteiger partial charge in [-0.3, -0.25) is 0 Å². The fourth-order valence-corrected chi connectivity index (χ4v) is 1.95. The minimum absolute atomic E-state index is 0.286. The van der Waals surface area contributed by atoms with E-state index in [9.17, 15) is 0 Å². The van der Waals surface area contributed by atoms with Crippen LogP contribution < -0.4 is 5.32 Å². The number of ether oxygens (including phenoxy) is 1. The van der Waals surface area contributed by atoms with Gasteiger partial charge in [0, 0.05) is 6.61 Å². The molecule has 0 saturated heterocycles. The van der Waals surface area contributed by atoms with Crippen LogP contribution in [0.15, 0.2) is 0 Å². The Morgan fingerprint density at radius 3 is 2.57 bits per heavy atom. The van der Waals surface area contributed by atoms with Gasteiger partial charge in [0.25, 0.3) is 0 Å². The predicted molar refractivity (Wildman–Crippen MR) is 55.9 cm³/mol. The summed E-state index contributed by atoms with van der Waals surface area (Å²) in [4.78, 5) is 0. The van der Waals surface area contributed by atoms with E-state index in [-0.39, 0.29) is 5.54 Å². The zero-order valence-corrected chi connectivity index (χ0v) is 9.18. The molecule has 0 bridgehead atoms. The molecule has 1 fully saturated rings. The molecule has 1 aliphatic rings. The zero-order chi connectivity index (χ0) is 10.4. The molecule has 1 N–H and O–H groups in total. The lowest BCUT2D eigenvalue weighted by Crippen LogP contribution is -2.45. The molecule has 14 heavy (non-hydrogen) atoms. The highest BCUT2D eigenvalue weighted by molar-refractivity contribution is 5.08. The largest absolute Gasteiger partial charge is 0.378 e. The van der Waals surface area contributed by atoms with Crippen LogP contribution in [0.25, 0.3) is 0 Å². The number of hydrogen-bond acceptors (Lipinski definition) is 3. The van der Waals surface area contributed by atoms with Crippen molar-refractivity contribution >= 4 is 0 Å². The van der Waals surface area contributed by atoms with E-state index in [0.717, 1.165) is 38.7 Å². The molecule has 0 atom stereocenters. The third-order valence-electron chi connectivity index (χ3n) is 3.04. The van der Waals surface area contributed by atoms with Gasteiger partial charge in [0.2, 0.25) is 0 Å². The van der Waals surface area contributed by atoms with Crippen molar-refractivity contribution in [3.63, 3.8) is 0 Å². The van der Waals surface area contributed by atoms with Crippen molar-refractivity contribution in [2.45, 2.75) is 50.7 Å². The highest BCUT2D eigenvalue weighted by Crippen LogP contribution is 2.29. The molecule has 1 saturated carbocycles. The molecule has 0 unspecified atom stereocenters. The van der Waals surface area contributed by atoms with Crippen LogP contribution >= 0.6 is 0 Å². The quantitative estimate of drug-likeness (QED) is 0.746. The van der Waals surface area contributed by atoms with E-state index in [0.29, 0.717) is 6.10 Å². The van der Waals surface area contributed by atoms with E-state index in [1.54, 1.807) is 0 Å². The van der Waals surface area contributed by atoms with Gasteiger partial charge in [0.1, 0.15) is 5.54 Å². The maximum Gasteiger partial charge on any atom is 0.106 e. The molecule has 0 aromatic heterocycles. The standard InChI is InChI=1S/C11H20N2O/c1-3-8-14-10-4-6-11(9-12,13-2)7-5-10/h10,13H,3-8H2,1-2H3. The lowest BCUT2D eigenvalue weighted by Gasteiger charge is -2.34. The van der Waals surface area contributed by atoms with Crippen LogP contribution in [0.5, 0.6) is 0 Å². The van der Waals surface area contributed by atoms with Crippen molar-refractivity contribution in [2.75, 3.05) is 13.7 Å². The molecule has 0 aliphatic heterocycles. The third-order valence-corrected chi connectivity index (χ3v) is 3.04. The molecule has 0 aromatic rings. The average molecular weight is 196 g/mol. The summed E-state index contributed by atoms with van der Waals surface area (Å²) in [7, 11) is 1.87. The van der Waals surface area contributed by atoms with Crippen molar-refractivity contribution in [1.29, 1.82) is 5.26 Å². The molecule has 3 heteroatoms. The van der Waals surface area contributed by atoms with Crippen molar-refractivity contribution in [1.82, 2.24) is 5.32 Å². The van der Waals surface area contributed by atoms with Gasteiger partial charge in [-0.25, -0.2) is 0 Å². The number of rotatable bonds is 4. The summed E-state index contributed by atoms with van der Waals surface area (Å²) >= 11 is 0. The van der Waals surface area contributed by atoms with Crippen LogP contribution in [0.2, 0.25) is 0 Å². The fourth-order valence-electron chi connectivity index (χ4n) is 1.95. The number of nitrogens with one attached hydrogen (secondary N) is 1.